The highest BCUT2D eigenvalue weighted by Gasteiger charge is 2.38. The molecule has 1 aromatic rings. The Morgan fingerprint density at radius 2 is 1.84 bits per heavy atom. The number of hydrogen-bond donors (Lipinski definition) is 2. The Morgan fingerprint density at radius 1 is 1.26 bits per heavy atom. The van der Waals surface area contributed by atoms with Crippen LogP contribution < -0.4 is 5.32 Å². The molecule has 0 fully saturated rings. The van der Waals surface area contributed by atoms with Gasteiger partial charge in [-0.3, -0.25) is 9.59 Å². The van der Waals surface area contributed by atoms with Crippen LogP contribution in [0.5, 0.6) is 0 Å². The third kappa shape index (κ3) is 4.09. The fraction of sp³-hybridized carbons (Fsp3) is 0.467. The molecule has 1 atom stereocenters. The summed E-state index contributed by atoms with van der Waals surface area (Å²) >= 11 is 0. The summed E-state index contributed by atoms with van der Waals surface area (Å²) in [7, 11) is 0. The monoisotopic (exact) mass is 263 g/mol. The van der Waals surface area contributed by atoms with Gasteiger partial charge < -0.3 is 10.4 Å². The van der Waals surface area contributed by atoms with Gasteiger partial charge in [-0.15, -0.1) is 0 Å². The number of carbonyl (C=O) groups excluding carboxylic acids is 1. The lowest BCUT2D eigenvalue weighted by Crippen LogP contribution is -2.39. The fourth-order valence-corrected chi connectivity index (χ4v) is 1.72. The number of rotatable bonds is 6. The number of aliphatic carboxylic acids is 1. The number of amides is 1. The van der Waals surface area contributed by atoms with Gasteiger partial charge in [-0.2, -0.15) is 0 Å². The Kier molecular flexibility index (Phi) is 5.10. The second kappa shape index (κ2) is 6.36. The molecule has 0 heterocycles. The van der Waals surface area contributed by atoms with Crippen LogP contribution in [0.4, 0.5) is 0 Å². The van der Waals surface area contributed by atoms with E-state index < -0.39 is 11.4 Å². The highest BCUT2D eigenvalue weighted by atomic mass is 16.4. The molecule has 4 nitrogen and oxygen atoms in total. The van der Waals surface area contributed by atoms with Crippen molar-refractivity contribution < 1.29 is 14.7 Å². The van der Waals surface area contributed by atoms with Gasteiger partial charge in [-0.05, 0) is 18.4 Å². The third-order valence-electron chi connectivity index (χ3n) is 3.62. The first-order chi connectivity index (χ1) is 8.86. The molecule has 0 aliphatic heterocycles. The summed E-state index contributed by atoms with van der Waals surface area (Å²) in [5.74, 6) is -1.27. The zero-order chi connectivity index (χ0) is 14.5. The standard InChI is InChI=1S/C15H21NO3/c1-11(2)15(3,14(18)19)9-13(17)16-10-12-7-5-4-6-8-12/h4-8,11H,9-10H2,1-3H3,(H,16,17)(H,18,19). The lowest BCUT2D eigenvalue weighted by Gasteiger charge is -2.28. The maximum absolute atomic E-state index is 11.9. The van der Waals surface area contributed by atoms with Crippen molar-refractivity contribution in [2.45, 2.75) is 33.7 Å². The van der Waals surface area contributed by atoms with E-state index in [2.05, 4.69) is 5.32 Å². The normalized spacial score (nSPS) is 13.9. The first-order valence-electron chi connectivity index (χ1n) is 6.40. The Morgan fingerprint density at radius 3 is 2.32 bits per heavy atom. The van der Waals surface area contributed by atoms with Crippen molar-refractivity contribution >= 4 is 11.9 Å². The molecule has 0 aliphatic rings. The van der Waals surface area contributed by atoms with E-state index in [4.69, 9.17) is 0 Å². The van der Waals surface area contributed by atoms with Gasteiger partial charge in [0, 0.05) is 13.0 Å². The summed E-state index contributed by atoms with van der Waals surface area (Å²) in [6.45, 7) is 5.67. The van der Waals surface area contributed by atoms with Crippen LogP contribution in [0.2, 0.25) is 0 Å². The van der Waals surface area contributed by atoms with Crippen molar-refractivity contribution in [3.8, 4) is 0 Å². The van der Waals surface area contributed by atoms with Crippen LogP contribution >= 0.6 is 0 Å². The first kappa shape index (κ1) is 15.2. The minimum Gasteiger partial charge on any atom is -0.481 e. The van der Waals surface area contributed by atoms with Crippen molar-refractivity contribution in [2.75, 3.05) is 0 Å². The topological polar surface area (TPSA) is 66.4 Å². The van der Waals surface area contributed by atoms with Gasteiger partial charge in [0.1, 0.15) is 0 Å². The maximum atomic E-state index is 11.9. The van der Waals surface area contributed by atoms with Gasteiger partial charge in [0.25, 0.3) is 0 Å². The van der Waals surface area contributed by atoms with Gasteiger partial charge in [0.2, 0.25) is 5.91 Å². The summed E-state index contributed by atoms with van der Waals surface area (Å²) < 4.78 is 0. The van der Waals surface area contributed by atoms with Gasteiger partial charge in [-0.1, -0.05) is 44.2 Å². The van der Waals surface area contributed by atoms with E-state index >= 15 is 0 Å². The Balaban J connectivity index is 2.57. The molecule has 0 aromatic heterocycles. The number of carboxylic acid groups (broad SMARTS) is 1. The van der Waals surface area contributed by atoms with Crippen molar-refractivity contribution in [3.05, 3.63) is 35.9 Å². The molecule has 0 bridgehead atoms. The average Bonchev–Trinajstić information content (AvgIpc) is 2.37. The number of nitrogens with one attached hydrogen (secondary N) is 1. The maximum Gasteiger partial charge on any atom is 0.310 e. The molecule has 0 radical (unpaired) electrons. The van der Waals surface area contributed by atoms with Crippen LogP contribution in [0.25, 0.3) is 0 Å². The minimum atomic E-state index is -1.03. The number of hydrogen-bond acceptors (Lipinski definition) is 2. The predicted molar refractivity (Wildman–Crippen MR) is 73.5 cm³/mol. The van der Waals surface area contributed by atoms with Gasteiger partial charge >= 0.3 is 5.97 Å². The van der Waals surface area contributed by atoms with Crippen LogP contribution in [0, 0.1) is 11.3 Å². The second-order valence-corrected chi connectivity index (χ2v) is 5.32. The summed E-state index contributed by atoms with van der Waals surface area (Å²) in [6, 6.07) is 9.54. The van der Waals surface area contributed by atoms with E-state index in [0.29, 0.717) is 6.54 Å². The molecular weight excluding hydrogens is 242 g/mol. The molecule has 19 heavy (non-hydrogen) atoms. The van der Waals surface area contributed by atoms with Crippen LogP contribution in [-0.2, 0) is 16.1 Å². The van der Waals surface area contributed by atoms with Crippen LogP contribution in [0.15, 0.2) is 30.3 Å². The summed E-state index contributed by atoms with van der Waals surface area (Å²) in [5.41, 5.74) is -0.0294. The zero-order valence-electron chi connectivity index (χ0n) is 11.6. The molecule has 1 aromatic carbocycles. The Labute approximate surface area is 113 Å². The smallest absolute Gasteiger partial charge is 0.310 e. The average molecular weight is 263 g/mol. The molecule has 1 amide bonds. The predicted octanol–water partition coefficient (Wildman–Crippen LogP) is 2.44. The van der Waals surface area contributed by atoms with Gasteiger partial charge in [0.05, 0.1) is 5.41 Å². The van der Waals surface area contributed by atoms with E-state index in [9.17, 15) is 14.7 Å². The molecule has 0 aliphatic carbocycles. The molecule has 0 saturated heterocycles. The van der Waals surface area contributed by atoms with E-state index in [1.807, 2.05) is 44.2 Å². The first-order valence-corrected chi connectivity index (χ1v) is 6.40. The van der Waals surface area contributed by atoms with Crippen molar-refractivity contribution in [3.63, 3.8) is 0 Å². The van der Waals surface area contributed by atoms with E-state index in [-0.39, 0.29) is 18.2 Å². The van der Waals surface area contributed by atoms with Crippen LogP contribution in [0.1, 0.15) is 32.8 Å². The number of carboxylic acids is 1. The van der Waals surface area contributed by atoms with Crippen molar-refractivity contribution in [2.24, 2.45) is 11.3 Å². The molecule has 2 N–H and O–H groups in total. The Bertz CT molecular complexity index is 442. The molecular formula is C15H21NO3. The summed E-state index contributed by atoms with van der Waals surface area (Å²) in [4.78, 5) is 23.2. The highest BCUT2D eigenvalue weighted by molar-refractivity contribution is 5.84. The quantitative estimate of drug-likeness (QED) is 0.828. The summed E-state index contributed by atoms with van der Waals surface area (Å²) in [6.07, 6.45) is -0.00711. The highest BCUT2D eigenvalue weighted by Crippen LogP contribution is 2.31. The van der Waals surface area contributed by atoms with Crippen LogP contribution in [-0.4, -0.2) is 17.0 Å². The van der Waals surface area contributed by atoms with E-state index in [1.54, 1.807) is 6.92 Å². The van der Waals surface area contributed by atoms with E-state index in [1.165, 1.54) is 0 Å². The Hall–Kier alpha value is -1.84. The lowest BCUT2D eigenvalue weighted by molar-refractivity contribution is -0.153. The molecule has 1 unspecified atom stereocenters. The zero-order valence-corrected chi connectivity index (χ0v) is 11.6. The van der Waals surface area contributed by atoms with E-state index in [0.717, 1.165) is 5.56 Å². The van der Waals surface area contributed by atoms with Gasteiger partial charge in [0.15, 0.2) is 0 Å². The molecule has 104 valence electrons. The fourth-order valence-electron chi connectivity index (χ4n) is 1.72. The molecule has 0 spiro atoms. The molecule has 0 saturated carbocycles. The lowest BCUT2D eigenvalue weighted by atomic mass is 9.76. The van der Waals surface area contributed by atoms with Crippen molar-refractivity contribution in [1.82, 2.24) is 5.32 Å². The SMILES string of the molecule is CC(C)C(C)(CC(=O)NCc1ccccc1)C(=O)O. The number of benzene rings is 1. The van der Waals surface area contributed by atoms with Crippen molar-refractivity contribution in [1.29, 1.82) is 0 Å². The van der Waals surface area contributed by atoms with Gasteiger partial charge in [-0.25, -0.2) is 0 Å². The third-order valence-corrected chi connectivity index (χ3v) is 3.62. The summed E-state index contributed by atoms with van der Waals surface area (Å²) in [5, 5.41) is 12.0. The minimum absolute atomic E-state index is 0.00711. The second-order valence-electron chi connectivity index (χ2n) is 5.32. The molecule has 4 heteroatoms. The largest absolute Gasteiger partial charge is 0.481 e. The molecule has 1 rings (SSSR count). The number of carbonyl (C=O) groups is 2. The van der Waals surface area contributed by atoms with Crippen LogP contribution in [0.3, 0.4) is 0 Å².